The van der Waals surface area contributed by atoms with Gasteiger partial charge in [0.25, 0.3) is 0 Å². The molecule has 1 heterocycles. The van der Waals surface area contributed by atoms with E-state index in [-0.39, 0.29) is 0 Å². The molecule has 0 N–H and O–H groups in total. The zero-order valence-electron chi connectivity index (χ0n) is 12.6. The Hall–Kier alpha value is -1.31. The van der Waals surface area contributed by atoms with E-state index >= 15 is 0 Å². The second-order valence-corrected chi connectivity index (χ2v) is 6.30. The minimum atomic E-state index is 0.817. The molecular formula is C19H22ClN. The molecule has 0 aliphatic carbocycles. The fourth-order valence-electron chi connectivity index (χ4n) is 3.02. The third kappa shape index (κ3) is 3.66. The highest BCUT2D eigenvalue weighted by Gasteiger charge is 2.16. The van der Waals surface area contributed by atoms with Crippen molar-refractivity contribution in [2.24, 2.45) is 0 Å². The van der Waals surface area contributed by atoms with E-state index in [1.54, 1.807) is 0 Å². The topological polar surface area (TPSA) is 3.24 Å². The highest BCUT2D eigenvalue weighted by molar-refractivity contribution is 6.30. The summed E-state index contributed by atoms with van der Waals surface area (Å²) in [5.74, 6) is 0. The quantitative estimate of drug-likeness (QED) is 0.803. The lowest BCUT2D eigenvalue weighted by molar-refractivity contribution is 0.257. The third-order valence-corrected chi connectivity index (χ3v) is 4.65. The molecule has 0 fully saturated rings. The fourth-order valence-corrected chi connectivity index (χ4v) is 3.14. The van der Waals surface area contributed by atoms with Crippen molar-refractivity contribution >= 4 is 11.6 Å². The van der Waals surface area contributed by atoms with Crippen molar-refractivity contribution < 1.29 is 0 Å². The average Bonchev–Trinajstić information content (AvgIpc) is 2.53. The number of benzene rings is 2. The normalized spacial score (nSPS) is 15.0. The van der Waals surface area contributed by atoms with Gasteiger partial charge in [0, 0.05) is 24.7 Å². The lowest BCUT2D eigenvalue weighted by Crippen LogP contribution is -2.32. The standard InChI is InChI=1S/C19H22ClN/c1-2-15-3-6-17-10-12-21(14-18(17)13-15)11-9-16-4-7-19(20)8-5-16/h3-8,13H,2,9-12,14H2,1H3. The maximum Gasteiger partial charge on any atom is 0.0406 e. The van der Waals surface area contributed by atoms with Gasteiger partial charge in [-0.05, 0) is 53.6 Å². The summed E-state index contributed by atoms with van der Waals surface area (Å²) in [5.41, 5.74) is 5.88. The Balaban J connectivity index is 1.62. The molecule has 0 spiro atoms. The molecule has 2 aromatic rings. The van der Waals surface area contributed by atoms with Crippen LogP contribution >= 0.6 is 11.6 Å². The Labute approximate surface area is 132 Å². The molecule has 2 heteroatoms. The predicted molar refractivity (Wildman–Crippen MR) is 90.0 cm³/mol. The maximum absolute atomic E-state index is 5.93. The van der Waals surface area contributed by atoms with Crippen molar-refractivity contribution in [3.8, 4) is 0 Å². The van der Waals surface area contributed by atoms with Crippen molar-refractivity contribution in [3.63, 3.8) is 0 Å². The van der Waals surface area contributed by atoms with Crippen molar-refractivity contribution in [2.75, 3.05) is 13.1 Å². The summed E-state index contributed by atoms with van der Waals surface area (Å²) in [7, 11) is 0. The first kappa shape index (κ1) is 14.6. The molecule has 0 unspecified atom stereocenters. The maximum atomic E-state index is 5.93. The average molecular weight is 300 g/mol. The van der Waals surface area contributed by atoms with Gasteiger partial charge in [0.2, 0.25) is 0 Å². The van der Waals surface area contributed by atoms with Gasteiger partial charge in [0.15, 0.2) is 0 Å². The molecule has 1 aliphatic rings. The van der Waals surface area contributed by atoms with E-state index < -0.39 is 0 Å². The zero-order valence-corrected chi connectivity index (χ0v) is 13.4. The molecule has 3 rings (SSSR count). The van der Waals surface area contributed by atoms with Crippen molar-refractivity contribution in [1.29, 1.82) is 0 Å². The highest BCUT2D eigenvalue weighted by atomic mass is 35.5. The molecule has 0 saturated heterocycles. The summed E-state index contributed by atoms with van der Waals surface area (Å²) in [4.78, 5) is 2.57. The van der Waals surface area contributed by atoms with Crippen LogP contribution in [-0.4, -0.2) is 18.0 Å². The number of rotatable bonds is 4. The molecule has 0 amide bonds. The number of fused-ring (bicyclic) bond motifs is 1. The first-order valence-corrected chi connectivity index (χ1v) is 8.20. The van der Waals surface area contributed by atoms with Crippen LogP contribution in [0.5, 0.6) is 0 Å². The monoisotopic (exact) mass is 299 g/mol. The molecule has 0 atom stereocenters. The van der Waals surface area contributed by atoms with Crippen LogP contribution in [0.15, 0.2) is 42.5 Å². The molecule has 0 bridgehead atoms. The molecule has 110 valence electrons. The van der Waals surface area contributed by atoms with E-state index in [0.717, 1.165) is 31.0 Å². The van der Waals surface area contributed by atoms with Gasteiger partial charge in [-0.3, -0.25) is 4.90 Å². The zero-order chi connectivity index (χ0) is 14.7. The summed E-state index contributed by atoms with van der Waals surface area (Å²) < 4.78 is 0. The second-order valence-electron chi connectivity index (χ2n) is 5.86. The number of nitrogens with zero attached hydrogens (tertiary/aromatic N) is 1. The predicted octanol–water partition coefficient (Wildman–Crippen LogP) is 4.50. The van der Waals surface area contributed by atoms with Crippen LogP contribution < -0.4 is 0 Å². The molecular weight excluding hydrogens is 278 g/mol. The van der Waals surface area contributed by atoms with Gasteiger partial charge in [-0.1, -0.05) is 48.9 Å². The molecule has 2 aromatic carbocycles. The summed E-state index contributed by atoms with van der Waals surface area (Å²) in [6.45, 7) is 5.61. The van der Waals surface area contributed by atoms with Crippen LogP contribution in [0.1, 0.15) is 29.2 Å². The van der Waals surface area contributed by atoms with E-state index in [4.69, 9.17) is 11.6 Å². The van der Waals surface area contributed by atoms with E-state index in [1.165, 1.54) is 35.2 Å². The molecule has 1 aliphatic heterocycles. The molecule has 1 nitrogen and oxygen atoms in total. The second kappa shape index (κ2) is 6.64. The van der Waals surface area contributed by atoms with E-state index in [0.29, 0.717) is 0 Å². The molecule has 0 radical (unpaired) electrons. The summed E-state index contributed by atoms with van der Waals surface area (Å²) in [6.07, 6.45) is 3.40. The third-order valence-electron chi connectivity index (χ3n) is 4.40. The minimum Gasteiger partial charge on any atom is -0.298 e. The van der Waals surface area contributed by atoms with E-state index in [2.05, 4.69) is 42.2 Å². The van der Waals surface area contributed by atoms with Crippen LogP contribution in [0.3, 0.4) is 0 Å². The first-order valence-electron chi connectivity index (χ1n) is 7.82. The summed E-state index contributed by atoms with van der Waals surface area (Å²) >= 11 is 5.93. The number of aryl methyl sites for hydroxylation is 1. The molecule has 0 aromatic heterocycles. The largest absolute Gasteiger partial charge is 0.298 e. The van der Waals surface area contributed by atoms with E-state index in [9.17, 15) is 0 Å². The minimum absolute atomic E-state index is 0.817. The van der Waals surface area contributed by atoms with Crippen molar-refractivity contribution in [2.45, 2.75) is 32.7 Å². The Bertz CT molecular complexity index is 603. The Morgan fingerprint density at radius 2 is 1.76 bits per heavy atom. The first-order chi connectivity index (χ1) is 10.2. The Morgan fingerprint density at radius 3 is 2.52 bits per heavy atom. The van der Waals surface area contributed by atoms with Gasteiger partial charge < -0.3 is 0 Å². The lowest BCUT2D eigenvalue weighted by Gasteiger charge is -2.29. The van der Waals surface area contributed by atoms with Gasteiger partial charge in [0.05, 0.1) is 0 Å². The molecule has 0 saturated carbocycles. The number of halogens is 1. The number of hydrogen-bond donors (Lipinski definition) is 0. The summed E-state index contributed by atoms with van der Waals surface area (Å²) in [5, 5.41) is 0.817. The smallest absolute Gasteiger partial charge is 0.0406 e. The highest BCUT2D eigenvalue weighted by Crippen LogP contribution is 2.21. The van der Waals surface area contributed by atoms with Gasteiger partial charge >= 0.3 is 0 Å². The van der Waals surface area contributed by atoms with Gasteiger partial charge in [-0.25, -0.2) is 0 Å². The SMILES string of the molecule is CCc1ccc2c(c1)CN(CCc1ccc(Cl)cc1)CC2. The number of hydrogen-bond acceptors (Lipinski definition) is 1. The van der Waals surface area contributed by atoms with Crippen molar-refractivity contribution in [3.05, 3.63) is 69.7 Å². The van der Waals surface area contributed by atoms with E-state index in [1.807, 2.05) is 12.1 Å². The van der Waals surface area contributed by atoms with Gasteiger partial charge in [-0.2, -0.15) is 0 Å². The Morgan fingerprint density at radius 1 is 1.00 bits per heavy atom. The van der Waals surface area contributed by atoms with Gasteiger partial charge in [0.1, 0.15) is 0 Å². The van der Waals surface area contributed by atoms with Crippen LogP contribution in [-0.2, 0) is 25.8 Å². The Kier molecular flexibility index (Phi) is 4.62. The molecule has 21 heavy (non-hydrogen) atoms. The van der Waals surface area contributed by atoms with Crippen LogP contribution in [0.2, 0.25) is 5.02 Å². The van der Waals surface area contributed by atoms with Crippen LogP contribution in [0.4, 0.5) is 0 Å². The van der Waals surface area contributed by atoms with Crippen LogP contribution in [0, 0.1) is 0 Å². The summed E-state index contributed by atoms with van der Waals surface area (Å²) in [6, 6.07) is 15.2. The fraction of sp³-hybridized carbons (Fsp3) is 0.368. The van der Waals surface area contributed by atoms with Crippen LogP contribution in [0.25, 0.3) is 0 Å². The lowest BCUT2D eigenvalue weighted by atomic mass is 9.96. The van der Waals surface area contributed by atoms with Gasteiger partial charge in [-0.15, -0.1) is 0 Å². The van der Waals surface area contributed by atoms with Crippen molar-refractivity contribution in [1.82, 2.24) is 4.90 Å².